The summed E-state index contributed by atoms with van der Waals surface area (Å²) in [6.45, 7) is 8.13. The van der Waals surface area contributed by atoms with Crippen LogP contribution in [0.1, 0.15) is 50.0 Å². The number of ketones is 1. The van der Waals surface area contributed by atoms with Gasteiger partial charge in [0.05, 0.1) is 11.2 Å². The minimum Gasteiger partial charge on any atom is -0.403 e. The standard InChI is InChI=1S/C23H27BO3/c1-22(2)23(3,4)27-24(26-22)20(16-15-18-11-7-5-8-12-18)17-21(25)19-13-9-6-10-14-19/h5-16,20H,17H2,1-4H3/b16-15+/t20-/m0/s1. The molecule has 1 atom stereocenters. The zero-order chi connectivity index (χ0) is 19.5. The van der Waals surface area contributed by atoms with Crippen molar-refractivity contribution in [3.63, 3.8) is 0 Å². The van der Waals surface area contributed by atoms with Crippen LogP contribution in [0.15, 0.2) is 66.7 Å². The van der Waals surface area contributed by atoms with E-state index in [1.54, 1.807) is 0 Å². The Bertz CT molecular complexity index is 781. The molecule has 3 rings (SSSR count). The van der Waals surface area contributed by atoms with Gasteiger partial charge in [-0.15, -0.1) is 0 Å². The molecule has 0 saturated carbocycles. The average molecular weight is 362 g/mol. The molecule has 3 nitrogen and oxygen atoms in total. The topological polar surface area (TPSA) is 35.5 Å². The Kier molecular flexibility index (Phi) is 5.68. The molecule has 4 heteroatoms. The number of carbonyl (C=O) groups excluding carboxylic acids is 1. The van der Waals surface area contributed by atoms with Gasteiger partial charge in [-0.25, -0.2) is 0 Å². The van der Waals surface area contributed by atoms with Gasteiger partial charge in [-0.1, -0.05) is 72.8 Å². The summed E-state index contributed by atoms with van der Waals surface area (Å²) in [6, 6.07) is 19.5. The smallest absolute Gasteiger partial charge is 0.403 e. The highest BCUT2D eigenvalue weighted by Gasteiger charge is 2.53. The first-order chi connectivity index (χ1) is 12.8. The van der Waals surface area contributed by atoms with Gasteiger partial charge < -0.3 is 9.31 Å². The van der Waals surface area contributed by atoms with Crippen LogP contribution < -0.4 is 0 Å². The Balaban J connectivity index is 1.83. The molecular formula is C23H27BO3. The first-order valence-electron chi connectivity index (χ1n) is 9.46. The van der Waals surface area contributed by atoms with Crippen LogP contribution in [-0.2, 0) is 9.31 Å². The third-order valence-electron chi connectivity index (χ3n) is 5.47. The van der Waals surface area contributed by atoms with Crippen molar-refractivity contribution in [1.82, 2.24) is 0 Å². The SMILES string of the molecule is CC1(C)OB([C@@H](/C=C/c2ccccc2)CC(=O)c2ccccc2)OC1(C)C. The van der Waals surface area contributed by atoms with E-state index in [1.165, 1.54) is 0 Å². The van der Waals surface area contributed by atoms with Gasteiger partial charge in [0.25, 0.3) is 0 Å². The predicted octanol–water partition coefficient (Wildman–Crippen LogP) is 5.44. The number of benzene rings is 2. The fourth-order valence-electron chi connectivity index (χ4n) is 3.07. The molecule has 1 aliphatic heterocycles. The summed E-state index contributed by atoms with van der Waals surface area (Å²) >= 11 is 0. The van der Waals surface area contributed by atoms with Gasteiger partial charge in [0, 0.05) is 17.8 Å². The maximum atomic E-state index is 12.8. The van der Waals surface area contributed by atoms with Crippen LogP contribution >= 0.6 is 0 Å². The second-order valence-electron chi connectivity index (χ2n) is 8.05. The lowest BCUT2D eigenvalue weighted by atomic mass is 9.68. The van der Waals surface area contributed by atoms with Crippen molar-refractivity contribution in [1.29, 1.82) is 0 Å². The lowest BCUT2D eigenvalue weighted by Crippen LogP contribution is -2.41. The number of hydrogen-bond acceptors (Lipinski definition) is 3. The molecule has 0 amide bonds. The number of carbonyl (C=O) groups is 1. The van der Waals surface area contributed by atoms with E-state index in [0.29, 0.717) is 12.0 Å². The second-order valence-corrected chi connectivity index (χ2v) is 8.05. The van der Waals surface area contributed by atoms with Gasteiger partial charge in [0.15, 0.2) is 5.78 Å². The molecule has 2 aromatic carbocycles. The van der Waals surface area contributed by atoms with E-state index in [0.717, 1.165) is 5.56 Å². The predicted molar refractivity (Wildman–Crippen MR) is 111 cm³/mol. The van der Waals surface area contributed by atoms with Gasteiger partial charge in [0.1, 0.15) is 0 Å². The highest BCUT2D eigenvalue weighted by atomic mass is 16.7. The number of rotatable bonds is 6. The summed E-state index contributed by atoms with van der Waals surface area (Å²) in [4.78, 5) is 12.8. The Hall–Kier alpha value is -2.17. The maximum absolute atomic E-state index is 12.8. The Morgan fingerprint density at radius 2 is 1.44 bits per heavy atom. The first kappa shape index (κ1) is 19.6. The van der Waals surface area contributed by atoms with Crippen LogP contribution in [-0.4, -0.2) is 24.1 Å². The number of hydrogen-bond donors (Lipinski definition) is 0. The summed E-state index contributed by atoms with van der Waals surface area (Å²) in [6.07, 6.45) is 4.41. The molecule has 0 aliphatic carbocycles. The first-order valence-corrected chi connectivity index (χ1v) is 9.46. The molecule has 27 heavy (non-hydrogen) atoms. The van der Waals surface area contributed by atoms with Gasteiger partial charge >= 0.3 is 7.12 Å². The van der Waals surface area contributed by atoms with Crippen LogP contribution in [0.4, 0.5) is 0 Å². The van der Waals surface area contributed by atoms with E-state index in [4.69, 9.17) is 9.31 Å². The molecule has 2 aromatic rings. The third-order valence-corrected chi connectivity index (χ3v) is 5.47. The van der Waals surface area contributed by atoms with Crippen LogP contribution in [0.5, 0.6) is 0 Å². The van der Waals surface area contributed by atoms with Crippen molar-refractivity contribution in [3.05, 3.63) is 77.9 Å². The molecule has 0 N–H and O–H groups in total. The van der Waals surface area contributed by atoms with Gasteiger partial charge in [-0.3, -0.25) is 4.79 Å². The highest BCUT2D eigenvalue weighted by molar-refractivity contribution is 6.49. The van der Waals surface area contributed by atoms with Crippen LogP contribution in [0.2, 0.25) is 5.82 Å². The van der Waals surface area contributed by atoms with Crippen molar-refractivity contribution in [2.75, 3.05) is 0 Å². The van der Waals surface area contributed by atoms with Gasteiger partial charge in [-0.2, -0.15) is 0 Å². The maximum Gasteiger partial charge on any atom is 0.465 e. The minimum atomic E-state index is -0.456. The molecular weight excluding hydrogens is 335 g/mol. The lowest BCUT2D eigenvalue weighted by Gasteiger charge is -2.32. The number of allylic oxidation sites excluding steroid dienone is 1. The zero-order valence-corrected chi connectivity index (χ0v) is 16.5. The van der Waals surface area contributed by atoms with Crippen molar-refractivity contribution >= 4 is 19.0 Å². The van der Waals surface area contributed by atoms with Gasteiger partial charge in [0.2, 0.25) is 0 Å². The minimum absolute atomic E-state index is 0.0908. The zero-order valence-electron chi connectivity index (χ0n) is 16.5. The van der Waals surface area contributed by atoms with E-state index in [9.17, 15) is 4.79 Å². The largest absolute Gasteiger partial charge is 0.465 e. The van der Waals surface area contributed by atoms with Crippen LogP contribution in [0, 0.1) is 0 Å². The molecule has 1 heterocycles. The van der Waals surface area contributed by atoms with E-state index >= 15 is 0 Å². The van der Waals surface area contributed by atoms with Crippen molar-refractivity contribution in [3.8, 4) is 0 Å². The van der Waals surface area contributed by atoms with Gasteiger partial charge in [-0.05, 0) is 33.3 Å². The summed E-state index contributed by atoms with van der Waals surface area (Å²) in [5.41, 5.74) is 0.955. The van der Waals surface area contributed by atoms with Crippen LogP contribution in [0.25, 0.3) is 6.08 Å². The molecule has 0 bridgehead atoms. The molecule has 1 aliphatic rings. The van der Waals surface area contributed by atoms with E-state index in [-0.39, 0.29) is 11.6 Å². The Labute approximate surface area is 162 Å². The van der Waals surface area contributed by atoms with Crippen LogP contribution in [0.3, 0.4) is 0 Å². The molecule has 0 spiro atoms. The summed E-state index contributed by atoms with van der Waals surface area (Å²) < 4.78 is 12.5. The summed E-state index contributed by atoms with van der Waals surface area (Å²) in [7, 11) is -0.456. The average Bonchev–Trinajstić information content (AvgIpc) is 2.87. The summed E-state index contributed by atoms with van der Waals surface area (Å²) in [5, 5.41) is 0. The van der Waals surface area contributed by atoms with E-state index in [2.05, 4.69) is 0 Å². The van der Waals surface area contributed by atoms with Crippen molar-refractivity contribution < 1.29 is 14.1 Å². The summed E-state index contributed by atoms with van der Waals surface area (Å²) in [5.74, 6) is -0.0769. The molecule has 1 saturated heterocycles. The molecule has 0 aromatic heterocycles. The van der Waals surface area contributed by atoms with Crippen molar-refractivity contribution in [2.45, 2.75) is 51.1 Å². The van der Waals surface area contributed by atoms with E-state index in [1.807, 2.05) is 101 Å². The molecule has 140 valence electrons. The fraction of sp³-hybridized carbons (Fsp3) is 0.348. The monoisotopic (exact) mass is 362 g/mol. The third kappa shape index (κ3) is 4.58. The Morgan fingerprint density at radius 1 is 0.926 bits per heavy atom. The quantitative estimate of drug-likeness (QED) is 0.507. The normalized spacial score (nSPS) is 19.3. The lowest BCUT2D eigenvalue weighted by molar-refractivity contribution is 0.00578. The molecule has 1 fully saturated rings. The van der Waals surface area contributed by atoms with Crippen molar-refractivity contribution in [2.24, 2.45) is 0 Å². The van der Waals surface area contributed by atoms with E-state index < -0.39 is 18.3 Å². The fourth-order valence-corrected chi connectivity index (χ4v) is 3.07. The molecule has 0 radical (unpaired) electrons. The highest BCUT2D eigenvalue weighted by Crippen LogP contribution is 2.41. The second kappa shape index (κ2) is 7.83. The Morgan fingerprint density at radius 3 is 2.00 bits per heavy atom. The molecule has 0 unspecified atom stereocenters. The number of Topliss-reactive ketones (excluding diaryl/α,β-unsaturated/α-hetero) is 1.